The normalized spacial score (nSPS) is 19.3. The molecular formula is C46H58F3N7O9. The predicted octanol–water partition coefficient (Wildman–Crippen LogP) is 6.01. The van der Waals surface area contributed by atoms with Crippen LogP contribution in [0.3, 0.4) is 0 Å². The molecule has 0 unspecified atom stereocenters. The van der Waals surface area contributed by atoms with Crippen molar-refractivity contribution in [2.45, 2.75) is 77.9 Å². The quantitative estimate of drug-likeness (QED) is 0.121. The van der Waals surface area contributed by atoms with Crippen molar-refractivity contribution >= 4 is 30.0 Å². The molecule has 2 aromatic carbocycles. The van der Waals surface area contributed by atoms with Crippen LogP contribution in [0.5, 0.6) is 0 Å². The minimum absolute atomic E-state index is 0.0563. The van der Waals surface area contributed by atoms with Gasteiger partial charge < -0.3 is 43.9 Å². The minimum atomic E-state index is -1.54. The Bertz CT molecular complexity index is 2180. The molecular weight excluding hydrogens is 852 g/mol. The highest BCUT2D eigenvalue weighted by Crippen LogP contribution is 2.47. The number of nitrogens with zero attached hydrogens (tertiary/aromatic N) is 5. The van der Waals surface area contributed by atoms with Crippen LogP contribution in [0.1, 0.15) is 64.9 Å². The van der Waals surface area contributed by atoms with Gasteiger partial charge in [-0.1, -0.05) is 37.3 Å². The summed E-state index contributed by atoms with van der Waals surface area (Å²) < 4.78 is 70.4. The Kier molecular flexibility index (Phi) is 15.9. The van der Waals surface area contributed by atoms with Crippen molar-refractivity contribution in [3.8, 4) is 11.3 Å². The van der Waals surface area contributed by atoms with Gasteiger partial charge in [0.05, 0.1) is 44.1 Å². The number of halogens is 3. The number of alkyl carbamates (subject to hydrolysis) is 1. The molecule has 4 atom stereocenters. The number of likely N-dealkylation sites (tertiary alicyclic amines) is 1. The molecule has 3 aliphatic heterocycles. The van der Waals surface area contributed by atoms with Crippen molar-refractivity contribution in [1.82, 2.24) is 34.9 Å². The second kappa shape index (κ2) is 21.4. The fraction of sp³-hybridized carbons (Fsp3) is 0.522. The van der Waals surface area contributed by atoms with Crippen molar-refractivity contribution in [3.05, 3.63) is 89.9 Å². The molecule has 0 saturated carbocycles. The molecule has 6 rings (SSSR count). The summed E-state index contributed by atoms with van der Waals surface area (Å²) in [6.45, 7) is 9.18. The van der Waals surface area contributed by atoms with Crippen LogP contribution in [0, 0.1) is 23.0 Å². The predicted molar refractivity (Wildman–Crippen MR) is 231 cm³/mol. The van der Waals surface area contributed by atoms with Crippen molar-refractivity contribution in [2.24, 2.45) is 11.3 Å². The number of hydrogen-bond donors (Lipinski definition) is 2. The molecule has 1 aromatic heterocycles. The largest absolute Gasteiger partial charge is 0.447 e. The lowest BCUT2D eigenvalue weighted by Crippen LogP contribution is -2.54. The minimum Gasteiger partial charge on any atom is -0.447 e. The summed E-state index contributed by atoms with van der Waals surface area (Å²) in [7, 11) is 0. The van der Waals surface area contributed by atoms with Gasteiger partial charge >= 0.3 is 18.2 Å². The summed E-state index contributed by atoms with van der Waals surface area (Å²) in [5.74, 6) is -2.74. The van der Waals surface area contributed by atoms with Crippen molar-refractivity contribution < 1.29 is 56.1 Å². The number of imide groups is 1. The van der Waals surface area contributed by atoms with E-state index in [-0.39, 0.29) is 70.3 Å². The van der Waals surface area contributed by atoms with E-state index in [0.717, 1.165) is 28.7 Å². The maximum atomic E-state index is 16.2. The summed E-state index contributed by atoms with van der Waals surface area (Å²) >= 11 is 0. The zero-order valence-electron chi connectivity index (χ0n) is 37.4. The molecule has 65 heavy (non-hydrogen) atoms. The summed E-state index contributed by atoms with van der Waals surface area (Å²) in [6.07, 6.45) is 1.86. The van der Waals surface area contributed by atoms with Gasteiger partial charge in [-0.3, -0.25) is 14.5 Å². The van der Waals surface area contributed by atoms with Crippen LogP contribution < -0.4 is 10.6 Å². The molecule has 3 aliphatic rings. The number of hydrogen-bond acceptors (Lipinski definition) is 10. The summed E-state index contributed by atoms with van der Waals surface area (Å²) in [4.78, 5) is 73.0. The van der Waals surface area contributed by atoms with Crippen LogP contribution in [0.4, 0.5) is 27.6 Å². The molecule has 3 aromatic rings. The molecule has 2 fully saturated rings. The number of aromatic nitrogens is 2. The van der Waals surface area contributed by atoms with Gasteiger partial charge in [0.15, 0.2) is 0 Å². The third-order valence-electron chi connectivity index (χ3n) is 11.5. The first kappa shape index (κ1) is 48.5. The van der Waals surface area contributed by atoms with E-state index in [1.165, 1.54) is 22.0 Å². The first-order valence-electron chi connectivity index (χ1n) is 21.8. The van der Waals surface area contributed by atoms with E-state index in [9.17, 15) is 28.4 Å². The summed E-state index contributed by atoms with van der Waals surface area (Å²) in [5.41, 5.74) is -0.688. The van der Waals surface area contributed by atoms with Gasteiger partial charge in [0, 0.05) is 69.2 Å². The molecule has 2 N–H and O–H groups in total. The number of nitrogens with one attached hydrogen (secondary N) is 2. The van der Waals surface area contributed by atoms with Crippen LogP contribution in [-0.2, 0) is 35.1 Å². The third-order valence-corrected chi connectivity index (χ3v) is 11.5. The molecule has 0 radical (unpaired) electrons. The van der Waals surface area contributed by atoms with Gasteiger partial charge in [-0.2, -0.15) is 0 Å². The Labute approximate surface area is 376 Å². The number of imidazole rings is 1. The highest BCUT2D eigenvalue weighted by Gasteiger charge is 2.48. The van der Waals surface area contributed by atoms with Crippen LogP contribution >= 0.6 is 0 Å². The zero-order chi connectivity index (χ0) is 46.9. The van der Waals surface area contributed by atoms with E-state index in [1.807, 2.05) is 37.3 Å². The lowest BCUT2D eigenvalue weighted by molar-refractivity contribution is -0.137. The van der Waals surface area contributed by atoms with Crippen LogP contribution in [0.25, 0.3) is 11.3 Å². The molecule has 0 aliphatic carbocycles. The summed E-state index contributed by atoms with van der Waals surface area (Å²) in [5, 5.41) is 5.48. The molecule has 19 heteroatoms. The molecule has 6 amide bonds. The highest BCUT2D eigenvalue weighted by atomic mass is 19.1. The highest BCUT2D eigenvalue weighted by molar-refractivity contribution is 6.12. The van der Waals surface area contributed by atoms with E-state index in [2.05, 4.69) is 10.6 Å². The van der Waals surface area contributed by atoms with Gasteiger partial charge in [-0.25, -0.2) is 32.5 Å². The number of amides is 6. The topological polar surface area (TPSA) is 174 Å². The number of urea groups is 1. The molecule has 0 bridgehead atoms. The lowest BCUT2D eigenvalue weighted by atomic mass is 9.74. The van der Waals surface area contributed by atoms with Crippen LogP contribution in [-0.4, -0.2) is 138 Å². The smallest absolute Gasteiger partial charge is 0.410 e. The lowest BCUT2D eigenvalue weighted by Gasteiger charge is -2.46. The van der Waals surface area contributed by atoms with Crippen molar-refractivity contribution in [2.75, 3.05) is 65.8 Å². The SMILES string of the molecule is C[C@@H](COC(=O)NCCOCCN1C(=O)C=CC1=O)NC(=O)N(C[C@@H]1CN(C(=O)OC(C)(C)C)C[C@@H]1F)[C@@H](c1nc(-c2cc(F)ccc2F)cn1Cc1ccccc1)C1(C)CCOCC1. The monoisotopic (exact) mass is 909 g/mol. The fourth-order valence-electron chi connectivity index (χ4n) is 8.08. The van der Waals surface area contributed by atoms with Gasteiger partial charge in [0.1, 0.15) is 35.8 Å². The molecule has 2 saturated heterocycles. The van der Waals surface area contributed by atoms with Gasteiger partial charge in [-0.05, 0) is 69.7 Å². The molecule has 352 valence electrons. The number of alkyl halides is 1. The Morgan fingerprint density at radius 3 is 2.42 bits per heavy atom. The average Bonchev–Trinajstić information content (AvgIpc) is 3.94. The molecule has 0 spiro atoms. The summed E-state index contributed by atoms with van der Waals surface area (Å²) in [6, 6.07) is 10.2. The van der Waals surface area contributed by atoms with Crippen LogP contribution in [0.2, 0.25) is 0 Å². The Hall–Kier alpha value is -5.95. The second-order valence-corrected chi connectivity index (χ2v) is 17.9. The first-order valence-corrected chi connectivity index (χ1v) is 21.8. The van der Waals surface area contributed by atoms with E-state index in [4.69, 9.17) is 23.9 Å². The maximum Gasteiger partial charge on any atom is 0.410 e. The molecule has 16 nitrogen and oxygen atoms in total. The first-order chi connectivity index (χ1) is 30.9. The fourth-order valence-corrected chi connectivity index (χ4v) is 8.08. The standard InChI is InChI=1S/C46H58F3N7O9/c1-30(29-64-43(60)50-17-21-63-22-18-55-38(57)13-14-39(55)58)51-42(59)56(26-32-25-54(27-36(32)49)44(61)65-45(2,3)4)40(46(5)15-19-62-20-16-46)41-52-37(34-23-33(47)11-12-35(34)48)28-53(41)24-31-9-7-6-8-10-31/h6-14,23,28,30,32,36,40H,15-22,24-27,29H2,1-5H3,(H,50,60)(H,51,59)/t30-,32-,36-,40-/m0/s1. The average molecular weight is 910 g/mol. The Morgan fingerprint density at radius 1 is 1.02 bits per heavy atom. The number of benzene rings is 2. The Balaban J connectivity index is 1.26. The van der Waals surface area contributed by atoms with Gasteiger partial charge in [-0.15, -0.1) is 0 Å². The van der Waals surface area contributed by atoms with Gasteiger partial charge in [0.25, 0.3) is 11.8 Å². The number of carbonyl (C=O) groups is 5. The second-order valence-electron chi connectivity index (χ2n) is 17.9. The van der Waals surface area contributed by atoms with E-state index >= 15 is 8.78 Å². The van der Waals surface area contributed by atoms with E-state index in [0.29, 0.717) is 31.9 Å². The van der Waals surface area contributed by atoms with E-state index < -0.39 is 76.9 Å². The molecule has 4 heterocycles. The van der Waals surface area contributed by atoms with Crippen molar-refractivity contribution in [3.63, 3.8) is 0 Å². The van der Waals surface area contributed by atoms with E-state index in [1.54, 1.807) is 38.5 Å². The number of ether oxygens (including phenoxy) is 4. The van der Waals surface area contributed by atoms with Crippen LogP contribution in [0.15, 0.2) is 66.9 Å². The Morgan fingerprint density at radius 2 is 1.72 bits per heavy atom. The number of rotatable bonds is 17. The zero-order valence-corrected chi connectivity index (χ0v) is 37.4. The number of carbonyl (C=O) groups excluding carboxylic acids is 5. The third kappa shape index (κ3) is 12.9. The van der Waals surface area contributed by atoms with Gasteiger partial charge in [0.2, 0.25) is 0 Å². The van der Waals surface area contributed by atoms with Crippen molar-refractivity contribution in [1.29, 1.82) is 0 Å². The maximum absolute atomic E-state index is 16.2.